The second kappa shape index (κ2) is 12.9. The van der Waals surface area contributed by atoms with Gasteiger partial charge in [0, 0.05) is 10.2 Å². The molecule has 0 bridgehead atoms. The van der Waals surface area contributed by atoms with E-state index < -0.39 is 29.4 Å². The Balaban J connectivity index is 1.49. The van der Waals surface area contributed by atoms with E-state index in [1.54, 1.807) is 30.3 Å². The number of halogens is 4. The van der Waals surface area contributed by atoms with E-state index in [-0.39, 0.29) is 17.2 Å². The summed E-state index contributed by atoms with van der Waals surface area (Å²) in [6, 6.07) is 13.9. The molecule has 0 aromatic heterocycles. The molecule has 0 spiro atoms. The topological polar surface area (TPSA) is 84.9 Å². The number of anilines is 1. The highest BCUT2D eigenvalue weighted by atomic mass is 79.9. The van der Waals surface area contributed by atoms with Gasteiger partial charge in [0.1, 0.15) is 19.0 Å². The van der Waals surface area contributed by atoms with Gasteiger partial charge in [0.2, 0.25) is 5.91 Å². The number of thioether (sulfide) groups is 1. The number of imide groups is 1. The fourth-order valence-corrected chi connectivity index (χ4v) is 5.11. The third-order valence-electron chi connectivity index (χ3n) is 5.31. The first kappa shape index (κ1) is 28.9. The molecule has 3 aromatic rings. The summed E-state index contributed by atoms with van der Waals surface area (Å²) in [7, 11) is 0. The molecule has 3 aromatic carbocycles. The molecule has 202 valence electrons. The summed E-state index contributed by atoms with van der Waals surface area (Å²) in [6.07, 6.45) is 1.53. The van der Waals surface area contributed by atoms with E-state index in [4.69, 9.17) is 32.7 Å². The van der Waals surface area contributed by atoms with Crippen LogP contribution in [0.3, 0.4) is 0 Å². The number of nitrogens with one attached hydrogen (secondary N) is 1. The van der Waals surface area contributed by atoms with Crippen LogP contribution in [0, 0.1) is 5.82 Å². The molecular weight excluding hydrogens is 634 g/mol. The number of ether oxygens (including phenoxy) is 2. The van der Waals surface area contributed by atoms with Crippen molar-refractivity contribution < 1.29 is 28.2 Å². The van der Waals surface area contributed by atoms with E-state index in [2.05, 4.69) is 21.2 Å². The standard InChI is InChI=1S/C27H20BrCl2FN2O5S/c1-2-37-22-9-16(19(28)12-23(22)38-14-15-6-7-20(29)21(30)8-15)10-24-26(35)33(27(36)39-24)13-25(34)32-18-5-3-4-17(31)11-18/h3-12H,2,13-14H2,1H3,(H,32,34)/b24-10+. The number of amides is 3. The van der Waals surface area contributed by atoms with E-state index >= 15 is 0 Å². The molecule has 3 amide bonds. The molecule has 4 rings (SSSR count). The first-order valence-electron chi connectivity index (χ1n) is 11.5. The van der Waals surface area contributed by atoms with Gasteiger partial charge < -0.3 is 14.8 Å². The van der Waals surface area contributed by atoms with Crippen LogP contribution in [0.1, 0.15) is 18.1 Å². The lowest BCUT2D eigenvalue weighted by Gasteiger charge is -2.15. The molecule has 1 fully saturated rings. The predicted octanol–water partition coefficient (Wildman–Crippen LogP) is 7.55. The van der Waals surface area contributed by atoms with Gasteiger partial charge in [-0.1, -0.05) is 51.3 Å². The second-order valence-corrected chi connectivity index (χ2v) is 10.8. The van der Waals surface area contributed by atoms with E-state index in [0.29, 0.717) is 49.9 Å². The maximum Gasteiger partial charge on any atom is 0.294 e. The summed E-state index contributed by atoms with van der Waals surface area (Å²) in [5.74, 6) is -0.892. The normalized spacial score (nSPS) is 14.2. The van der Waals surface area contributed by atoms with Crippen LogP contribution >= 0.6 is 50.9 Å². The number of carbonyl (C=O) groups excluding carboxylic acids is 3. The van der Waals surface area contributed by atoms with Gasteiger partial charge >= 0.3 is 0 Å². The summed E-state index contributed by atoms with van der Waals surface area (Å²) in [5.41, 5.74) is 1.59. The predicted molar refractivity (Wildman–Crippen MR) is 154 cm³/mol. The quantitative estimate of drug-likeness (QED) is 0.240. The van der Waals surface area contributed by atoms with Gasteiger partial charge in [-0.25, -0.2) is 4.39 Å². The Morgan fingerprint density at radius 1 is 1.08 bits per heavy atom. The van der Waals surface area contributed by atoms with Crippen LogP contribution < -0.4 is 14.8 Å². The molecule has 12 heteroatoms. The SMILES string of the molecule is CCOc1cc(/C=C2/SC(=O)N(CC(=O)Nc3cccc(F)c3)C2=O)c(Br)cc1OCc1ccc(Cl)c(Cl)c1. The van der Waals surface area contributed by atoms with Gasteiger partial charge in [-0.3, -0.25) is 19.3 Å². The van der Waals surface area contributed by atoms with Crippen molar-refractivity contribution in [3.8, 4) is 11.5 Å². The Hall–Kier alpha value is -3.05. The van der Waals surface area contributed by atoms with E-state index in [1.165, 1.54) is 24.3 Å². The van der Waals surface area contributed by atoms with Crippen molar-refractivity contribution in [3.63, 3.8) is 0 Å². The number of nitrogens with zero attached hydrogens (tertiary/aromatic N) is 1. The monoisotopic (exact) mass is 652 g/mol. The Bertz CT molecular complexity index is 1490. The lowest BCUT2D eigenvalue weighted by atomic mass is 10.1. The molecule has 0 saturated carbocycles. The first-order chi connectivity index (χ1) is 18.6. The molecule has 1 saturated heterocycles. The highest BCUT2D eigenvalue weighted by Crippen LogP contribution is 2.38. The van der Waals surface area contributed by atoms with Crippen molar-refractivity contribution in [1.29, 1.82) is 0 Å². The minimum atomic E-state index is -0.632. The molecule has 1 aliphatic heterocycles. The van der Waals surface area contributed by atoms with Crippen LogP contribution in [0.15, 0.2) is 64.0 Å². The number of rotatable bonds is 9. The molecule has 0 unspecified atom stereocenters. The average molecular weight is 654 g/mol. The lowest BCUT2D eigenvalue weighted by Crippen LogP contribution is -2.36. The van der Waals surface area contributed by atoms with E-state index in [1.807, 2.05) is 6.92 Å². The third kappa shape index (κ3) is 7.33. The number of hydrogen-bond acceptors (Lipinski definition) is 6. The maximum absolute atomic E-state index is 13.4. The summed E-state index contributed by atoms with van der Waals surface area (Å²) >= 11 is 16.3. The van der Waals surface area contributed by atoms with E-state index in [0.717, 1.165) is 16.5 Å². The number of hydrogen-bond donors (Lipinski definition) is 1. The smallest absolute Gasteiger partial charge is 0.294 e. The maximum atomic E-state index is 13.4. The first-order valence-corrected chi connectivity index (χ1v) is 13.8. The highest BCUT2D eigenvalue weighted by Gasteiger charge is 2.36. The van der Waals surface area contributed by atoms with Crippen molar-refractivity contribution in [2.45, 2.75) is 13.5 Å². The van der Waals surface area contributed by atoms with Gasteiger partial charge in [0.25, 0.3) is 11.1 Å². The van der Waals surface area contributed by atoms with Crippen molar-refractivity contribution in [3.05, 3.63) is 91.0 Å². The van der Waals surface area contributed by atoms with Crippen LogP contribution in [0.5, 0.6) is 11.5 Å². The minimum absolute atomic E-state index is 0.131. The Morgan fingerprint density at radius 2 is 1.85 bits per heavy atom. The summed E-state index contributed by atoms with van der Waals surface area (Å²) < 4.78 is 25.7. The fraction of sp³-hybridized carbons (Fsp3) is 0.148. The summed E-state index contributed by atoms with van der Waals surface area (Å²) in [5, 5.41) is 2.74. The highest BCUT2D eigenvalue weighted by molar-refractivity contribution is 9.10. The molecule has 39 heavy (non-hydrogen) atoms. The Morgan fingerprint density at radius 3 is 2.56 bits per heavy atom. The van der Waals surface area contributed by atoms with Gasteiger partial charge in [0.15, 0.2) is 11.5 Å². The molecular formula is C27H20BrCl2FN2O5S. The lowest BCUT2D eigenvalue weighted by molar-refractivity contribution is -0.127. The van der Waals surface area contributed by atoms with Gasteiger partial charge in [-0.05, 0) is 78.4 Å². The Kier molecular flexibility index (Phi) is 9.55. The Labute approximate surface area is 246 Å². The largest absolute Gasteiger partial charge is 0.490 e. The van der Waals surface area contributed by atoms with Crippen molar-refractivity contribution in [2.24, 2.45) is 0 Å². The zero-order valence-electron chi connectivity index (χ0n) is 20.3. The van der Waals surface area contributed by atoms with Crippen LogP contribution in [-0.2, 0) is 16.2 Å². The van der Waals surface area contributed by atoms with Crippen LogP contribution in [0.2, 0.25) is 10.0 Å². The van der Waals surface area contributed by atoms with Crippen LogP contribution in [0.4, 0.5) is 14.9 Å². The van der Waals surface area contributed by atoms with Crippen molar-refractivity contribution in [2.75, 3.05) is 18.5 Å². The molecule has 1 aliphatic rings. The molecule has 7 nitrogen and oxygen atoms in total. The van der Waals surface area contributed by atoms with E-state index in [9.17, 15) is 18.8 Å². The number of carbonyl (C=O) groups is 3. The average Bonchev–Trinajstić information content (AvgIpc) is 3.14. The molecule has 0 aliphatic carbocycles. The molecule has 1 N–H and O–H groups in total. The zero-order chi connectivity index (χ0) is 28.1. The zero-order valence-corrected chi connectivity index (χ0v) is 24.2. The third-order valence-corrected chi connectivity index (χ3v) is 7.64. The summed E-state index contributed by atoms with van der Waals surface area (Å²) in [6.45, 7) is 1.89. The fourth-order valence-electron chi connectivity index (χ4n) is 3.52. The van der Waals surface area contributed by atoms with Gasteiger partial charge in [0.05, 0.1) is 21.6 Å². The molecule has 1 heterocycles. The van der Waals surface area contributed by atoms with Crippen molar-refractivity contribution in [1.82, 2.24) is 4.90 Å². The van der Waals surface area contributed by atoms with Gasteiger partial charge in [-0.2, -0.15) is 0 Å². The summed E-state index contributed by atoms with van der Waals surface area (Å²) in [4.78, 5) is 38.8. The van der Waals surface area contributed by atoms with Gasteiger partial charge in [-0.15, -0.1) is 0 Å². The van der Waals surface area contributed by atoms with Crippen LogP contribution in [0.25, 0.3) is 6.08 Å². The second-order valence-electron chi connectivity index (χ2n) is 8.12. The van der Waals surface area contributed by atoms with Crippen molar-refractivity contribution >= 4 is 79.7 Å². The van der Waals surface area contributed by atoms with Crippen LogP contribution in [-0.4, -0.2) is 35.1 Å². The molecule has 0 atom stereocenters. The number of benzene rings is 3. The molecule has 0 radical (unpaired) electrons. The minimum Gasteiger partial charge on any atom is -0.490 e.